The van der Waals surface area contributed by atoms with Crippen molar-refractivity contribution in [1.82, 2.24) is 5.32 Å². The SMILES string of the molecule is COc1ccc(C2CNC(=O)C2)cc1OCCc1cccc(F)c1. The zero-order chi connectivity index (χ0) is 16.9. The Morgan fingerprint density at radius 3 is 2.79 bits per heavy atom. The summed E-state index contributed by atoms with van der Waals surface area (Å²) in [5, 5.41) is 2.84. The lowest BCUT2D eigenvalue weighted by molar-refractivity contribution is -0.119. The van der Waals surface area contributed by atoms with Crippen LogP contribution in [0.4, 0.5) is 4.39 Å². The van der Waals surface area contributed by atoms with Crippen LogP contribution in [0.25, 0.3) is 0 Å². The van der Waals surface area contributed by atoms with Crippen molar-refractivity contribution in [2.75, 3.05) is 20.3 Å². The second kappa shape index (κ2) is 7.34. The van der Waals surface area contributed by atoms with E-state index in [1.165, 1.54) is 12.1 Å². The molecule has 0 aliphatic carbocycles. The molecule has 0 radical (unpaired) electrons. The third-order valence-electron chi connectivity index (χ3n) is 4.17. The number of nitrogens with one attached hydrogen (secondary N) is 1. The Labute approximate surface area is 140 Å². The van der Waals surface area contributed by atoms with E-state index >= 15 is 0 Å². The van der Waals surface area contributed by atoms with Crippen LogP contribution in [0.3, 0.4) is 0 Å². The summed E-state index contributed by atoms with van der Waals surface area (Å²) in [5.41, 5.74) is 1.94. The van der Waals surface area contributed by atoms with Gasteiger partial charge in [-0.1, -0.05) is 18.2 Å². The number of halogens is 1. The summed E-state index contributed by atoms with van der Waals surface area (Å²) in [6.45, 7) is 1.07. The van der Waals surface area contributed by atoms with Crippen molar-refractivity contribution in [1.29, 1.82) is 0 Å². The van der Waals surface area contributed by atoms with Crippen LogP contribution >= 0.6 is 0 Å². The van der Waals surface area contributed by atoms with E-state index in [0.717, 1.165) is 11.1 Å². The fraction of sp³-hybridized carbons (Fsp3) is 0.316. The summed E-state index contributed by atoms with van der Waals surface area (Å²) in [7, 11) is 1.59. The minimum absolute atomic E-state index is 0.0735. The smallest absolute Gasteiger partial charge is 0.220 e. The lowest BCUT2D eigenvalue weighted by atomic mass is 9.98. The number of carbonyl (C=O) groups excluding carboxylic acids is 1. The molecule has 1 fully saturated rings. The number of ether oxygens (including phenoxy) is 2. The maximum absolute atomic E-state index is 13.2. The number of hydrogen-bond donors (Lipinski definition) is 1. The van der Waals surface area contributed by atoms with Gasteiger partial charge in [-0.15, -0.1) is 0 Å². The van der Waals surface area contributed by atoms with E-state index in [2.05, 4.69) is 5.32 Å². The fourth-order valence-corrected chi connectivity index (χ4v) is 2.87. The summed E-state index contributed by atoms with van der Waals surface area (Å²) >= 11 is 0. The van der Waals surface area contributed by atoms with Gasteiger partial charge in [0, 0.05) is 25.3 Å². The maximum atomic E-state index is 13.2. The van der Waals surface area contributed by atoms with Crippen LogP contribution < -0.4 is 14.8 Å². The molecule has 1 amide bonds. The van der Waals surface area contributed by atoms with Crippen LogP contribution in [0.5, 0.6) is 11.5 Å². The molecule has 1 aliphatic rings. The van der Waals surface area contributed by atoms with Crippen molar-refractivity contribution in [2.24, 2.45) is 0 Å². The number of methoxy groups -OCH3 is 1. The second-order valence-electron chi connectivity index (χ2n) is 5.84. The van der Waals surface area contributed by atoms with Gasteiger partial charge in [-0.25, -0.2) is 4.39 Å². The number of amides is 1. The lowest BCUT2D eigenvalue weighted by Crippen LogP contribution is -2.13. The van der Waals surface area contributed by atoms with Gasteiger partial charge >= 0.3 is 0 Å². The van der Waals surface area contributed by atoms with E-state index in [0.29, 0.717) is 37.5 Å². The molecule has 1 N–H and O–H groups in total. The maximum Gasteiger partial charge on any atom is 0.220 e. The largest absolute Gasteiger partial charge is 0.493 e. The van der Waals surface area contributed by atoms with Crippen molar-refractivity contribution >= 4 is 5.91 Å². The molecule has 24 heavy (non-hydrogen) atoms. The standard InChI is InChI=1S/C19H20FNO3/c1-23-17-6-5-14(15-11-19(22)21-12-15)10-18(17)24-8-7-13-3-2-4-16(20)9-13/h2-6,9-10,15H,7-8,11-12H2,1H3,(H,21,22). The number of carbonyl (C=O) groups is 1. The van der Waals surface area contributed by atoms with Crippen LogP contribution in [-0.2, 0) is 11.2 Å². The second-order valence-corrected chi connectivity index (χ2v) is 5.84. The van der Waals surface area contributed by atoms with Crippen molar-refractivity contribution in [3.8, 4) is 11.5 Å². The Balaban J connectivity index is 1.68. The Bertz CT molecular complexity index is 732. The van der Waals surface area contributed by atoms with E-state index < -0.39 is 0 Å². The molecule has 5 heteroatoms. The van der Waals surface area contributed by atoms with Crippen molar-refractivity contribution in [2.45, 2.75) is 18.8 Å². The van der Waals surface area contributed by atoms with Crippen molar-refractivity contribution < 1.29 is 18.7 Å². The van der Waals surface area contributed by atoms with Gasteiger partial charge in [0.1, 0.15) is 5.82 Å². The molecule has 126 valence electrons. The minimum Gasteiger partial charge on any atom is -0.493 e. The molecule has 2 aromatic rings. The van der Waals surface area contributed by atoms with Crippen molar-refractivity contribution in [3.63, 3.8) is 0 Å². The number of rotatable bonds is 6. The van der Waals surface area contributed by atoms with Gasteiger partial charge in [-0.3, -0.25) is 4.79 Å². The highest BCUT2D eigenvalue weighted by atomic mass is 19.1. The lowest BCUT2D eigenvalue weighted by Gasteiger charge is -2.14. The van der Waals surface area contributed by atoms with Gasteiger partial charge in [0.25, 0.3) is 0 Å². The number of hydrogen-bond acceptors (Lipinski definition) is 3. The molecule has 1 unspecified atom stereocenters. The highest BCUT2D eigenvalue weighted by molar-refractivity contribution is 5.79. The van der Waals surface area contributed by atoms with Gasteiger partial charge in [0.2, 0.25) is 5.91 Å². The predicted octanol–water partition coefficient (Wildman–Crippen LogP) is 3.06. The zero-order valence-electron chi connectivity index (χ0n) is 13.5. The first-order chi connectivity index (χ1) is 11.7. The van der Waals surface area contributed by atoms with E-state index in [4.69, 9.17) is 9.47 Å². The first-order valence-corrected chi connectivity index (χ1v) is 7.97. The summed E-state index contributed by atoms with van der Waals surface area (Å²) in [6.07, 6.45) is 1.10. The van der Waals surface area contributed by atoms with Gasteiger partial charge < -0.3 is 14.8 Å². The molecule has 3 rings (SSSR count). The first-order valence-electron chi connectivity index (χ1n) is 7.97. The Kier molecular flexibility index (Phi) is 4.99. The third-order valence-corrected chi connectivity index (χ3v) is 4.17. The Morgan fingerprint density at radius 1 is 1.21 bits per heavy atom. The van der Waals surface area contributed by atoms with Crippen LogP contribution in [0, 0.1) is 5.82 Å². The first kappa shape index (κ1) is 16.3. The van der Waals surface area contributed by atoms with Crippen LogP contribution in [0.1, 0.15) is 23.5 Å². The molecule has 1 aliphatic heterocycles. The predicted molar refractivity (Wildman–Crippen MR) is 89.0 cm³/mol. The average Bonchev–Trinajstić information content (AvgIpc) is 3.01. The molecular weight excluding hydrogens is 309 g/mol. The summed E-state index contributed by atoms with van der Waals surface area (Å²) in [6, 6.07) is 12.2. The van der Waals surface area contributed by atoms with E-state index in [1.807, 2.05) is 24.3 Å². The fourth-order valence-electron chi connectivity index (χ4n) is 2.87. The monoisotopic (exact) mass is 329 g/mol. The topological polar surface area (TPSA) is 47.6 Å². The highest BCUT2D eigenvalue weighted by Crippen LogP contribution is 2.33. The van der Waals surface area contributed by atoms with Gasteiger partial charge in [0.05, 0.1) is 13.7 Å². The van der Waals surface area contributed by atoms with Crippen LogP contribution in [0.2, 0.25) is 0 Å². The van der Waals surface area contributed by atoms with E-state index in [9.17, 15) is 9.18 Å². The van der Waals surface area contributed by atoms with Gasteiger partial charge in [-0.2, -0.15) is 0 Å². The molecule has 0 saturated carbocycles. The Morgan fingerprint density at radius 2 is 2.08 bits per heavy atom. The quantitative estimate of drug-likeness (QED) is 0.886. The highest BCUT2D eigenvalue weighted by Gasteiger charge is 2.24. The van der Waals surface area contributed by atoms with E-state index in [-0.39, 0.29) is 17.6 Å². The molecule has 0 aromatic heterocycles. The molecule has 1 heterocycles. The third kappa shape index (κ3) is 3.85. The summed E-state index contributed by atoms with van der Waals surface area (Å²) < 4.78 is 24.4. The molecule has 0 spiro atoms. The number of benzene rings is 2. The van der Waals surface area contributed by atoms with Gasteiger partial charge in [0.15, 0.2) is 11.5 Å². The Hall–Kier alpha value is -2.56. The van der Waals surface area contributed by atoms with Crippen LogP contribution in [-0.4, -0.2) is 26.2 Å². The molecule has 4 nitrogen and oxygen atoms in total. The molecular formula is C19H20FNO3. The summed E-state index contributed by atoms with van der Waals surface area (Å²) in [5.74, 6) is 1.28. The summed E-state index contributed by atoms with van der Waals surface area (Å²) in [4.78, 5) is 11.4. The molecule has 1 saturated heterocycles. The van der Waals surface area contributed by atoms with Gasteiger partial charge in [-0.05, 0) is 35.4 Å². The van der Waals surface area contributed by atoms with Crippen molar-refractivity contribution in [3.05, 3.63) is 59.4 Å². The zero-order valence-corrected chi connectivity index (χ0v) is 13.5. The van der Waals surface area contributed by atoms with E-state index in [1.54, 1.807) is 13.2 Å². The molecule has 1 atom stereocenters. The normalized spacial score (nSPS) is 16.8. The van der Waals surface area contributed by atoms with Crippen LogP contribution in [0.15, 0.2) is 42.5 Å². The minimum atomic E-state index is -0.245. The average molecular weight is 329 g/mol. The molecule has 0 bridgehead atoms. The molecule has 2 aromatic carbocycles.